The standard InChI is InChI=1S/C16H18N2O2/c1-3-18(12-5-4-6-13(19)10-12)16(20)14-9-11(2)7-8-15(14)17/h4-10,19H,3,17H2,1-2H3. The molecule has 4 nitrogen and oxygen atoms in total. The van der Waals surface area contributed by atoms with Crippen molar-refractivity contribution >= 4 is 17.3 Å². The number of nitrogens with zero attached hydrogens (tertiary/aromatic N) is 1. The van der Waals surface area contributed by atoms with E-state index in [-0.39, 0.29) is 11.7 Å². The molecule has 104 valence electrons. The number of carbonyl (C=O) groups is 1. The molecular formula is C16H18N2O2. The minimum Gasteiger partial charge on any atom is -0.508 e. The average Bonchev–Trinajstić information content (AvgIpc) is 2.42. The number of carbonyl (C=O) groups excluding carboxylic acids is 1. The molecule has 0 saturated carbocycles. The molecule has 0 aliphatic carbocycles. The van der Waals surface area contributed by atoms with Crippen LogP contribution >= 0.6 is 0 Å². The van der Waals surface area contributed by atoms with E-state index in [1.54, 1.807) is 41.3 Å². The summed E-state index contributed by atoms with van der Waals surface area (Å²) in [5.74, 6) is -0.0368. The van der Waals surface area contributed by atoms with Crippen molar-refractivity contribution in [3.05, 3.63) is 53.6 Å². The lowest BCUT2D eigenvalue weighted by Crippen LogP contribution is -2.31. The van der Waals surface area contributed by atoms with E-state index in [1.807, 2.05) is 19.9 Å². The smallest absolute Gasteiger partial charge is 0.260 e. The summed E-state index contributed by atoms with van der Waals surface area (Å²) in [6.07, 6.45) is 0. The van der Waals surface area contributed by atoms with Gasteiger partial charge in [-0.25, -0.2) is 0 Å². The number of rotatable bonds is 3. The molecule has 0 atom stereocenters. The molecule has 2 aromatic rings. The summed E-state index contributed by atoms with van der Waals surface area (Å²) in [4.78, 5) is 14.2. The third kappa shape index (κ3) is 2.74. The number of aromatic hydroxyl groups is 1. The van der Waals surface area contributed by atoms with E-state index >= 15 is 0 Å². The van der Waals surface area contributed by atoms with E-state index in [1.165, 1.54) is 0 Å². The van der Waals surface area contributed by atoms with Crippen LogP contribution in [0, 0.1) is 6.92 Å². The zero-order chi connectivity index (χ0) is 14.7. The molecule has 0 aromatic heterocycles. The molecule has 4 heteroatoms. The summed E-state index contributed by atoms with van der Waals surface area (Å²) in [7, 11) is 0. The Bertz CT molecular complexity index is 638. The maximum atomic E-state index is 12.6. The van der Waals surface area contributed by atoms with Gasteiger partial charge >= 0.3 is 0 Å². The van der Waals surface area contributed by atoms with Crippen LogP contribution in [0.15, 0.2) is 42.5 Å². The number of aryl methyl sites for hydroxylation is 1. The van der Waals surface area contributed by atoms with Crippen molar-refractivity contribution < 1.29 is 9.90 Å². The lowest BCUT2D eigenvalue weighted by atomic mass is 10.1. The Morgan fingerprint density at radius 2 is 2.00 bits per heavy atom. The average molecular weight is 270 g/mol. The minimum absolute atomic E-state index is 0.131. The van der Waals surface area contributed by atoms with Crippen LogP contribution in [0.2, 0.25) is 0 Å². The Morgan fingerprint density at radius 1 is 1.25 bits per heavy atom. The molecule has 2 rings (SSSR count). The normalized spacial score (nSPS) is 10.3. The van der Waals surface area contributed by atoms with Crippen LogP contribution in [0.3, 0.4) is 0 Å². The Labute approximate surface area is 118 Å². The monoisotopic (exact) mass is 270 g/mol. The fourth-order valence-electron chi connectivity index (χ4n) is 2.11. The van der Waals surface area contributed by atoms with Gasteiger partial charge in [0.15, 0.2) is 0 Å². The van der Waals surface area contributed by atoms with Crippen molar-refractivity contribution in [3.8, 4) is 5.75 Å². The van der Waals surface area contributed by atoms with Crippen LogP contribution in [0.4, 0.5) is 11.4 Å². The van der Waals surface area contributed by atoms with Crippen molar-refractivity contribution in [2.45, 2.75) is 13.8 Å². The topological polar surface area (TPSA) is 66.6 Å². The van der Waals surface area contributed by atoms with Gasteiger partial charge in [-0.1, -0.05) is 17.7 Å². The Morgan fingerprint density at radius 3 is 2.65 bits per heavy atom. The van der Waals surface area contributed by atoms with Crippen molar-refractivity contribution in [2.24, 2.45) is 0 Å². The van der Waals surface area contributed by atoms with E-state index in [0.717, 1.165) is 5.56 Å². The van der Waals surface area contributed by atoms with Gasteiger partial charge in [0.25, 0.3) is 5.91 Å². The Balaban J connectivity index is 2.41. The molecule has 0 heterocycles. The fourth-order valence-corrected chi connectivity index (χ4v) is 2.11. The van der Waals surface area contributed by atoms with Crippen LogP contribution in [-0.4, -0.2) is 17.6 Å². The summed E-state index contributed by atoms with van der Waals surface area (Å²) in [5, 5.41) is 9.55. The Hall–Kier alpha value is -2.49. The van der Waals surface area contributed by atoms with Gasteiger partial charge in [-0.15, -0.1) is 0 Å². The summed E-state index contributed by atoms with van der Waals surface area (Å²) in [6.45, 7) is 4.30. The highest BCUT2D eigenvalue weighted by molar-refractivity contribution is 6.09. The molecule has 0 fully saturated rings. The molecule has 0 unspecified atom stereocenters. The van der Waals surface area contributed by atoms with Gasteiger partial charge < -0.3 is 15.7 Å². The predicted molar refractivity (Wildman–Crippen MR) is 81.0 cm³/mol. The van der Waals surface area contributed by atoms with Gasteiger partial charge in [0.2, 0.25) is 0 Å². The summed E-state index contributed by atoms with van der Waals surface area (Å²) in [6, 6.07) is 12.0. The number of nitrogens with two attached hydrogens (primary N) is 1. The minimum atomic E-state index is -0.167. The van der Waals surface area contributed by atoms with Crippen molar-refractivity contribution in [2.75, 3.05) is 17.2 Å². The van der Waals surface area contributed by atoms with Crippen LogP contribution in [0.1, 0.15) is 22.8 Å². The van der Waals surface area contributed by atoms with E-state index < -0.39 is 0 Å². The number of nitrogen functional groups attached to an aromatic ring is 1. The zero-order valence-electron chi connectivity index (χ0n) is 11.6. The molecule has 0 aliphatic heterocycles. The fraction of sp³-hybridized carbons (Fsp3) is 0.188. The Kier molecular flexibility index (Phi) is 3.94. The molecule has 0 saturated heterocycles. The van der Waals surface area contributed by atoms with Gasteiger partial charge in [-0.2, -0.15) is 0 Å². The molecule has 0 spiro atoms. The third-order valence-corrected chi connectivity index (χ3v) is 3.14. The largest absolute Gasteiger partial charge is 0.508 e. The SMILES string of the molecule is CCN(C(=O)c1cc(C)ccc1N)c1cccc(O)c1. The first kappa shape index (κ1) is 13.9. The third-order valence-electron chi connectivity index (χ3n) is 3.14. The molecule has 1 amide bonds. The second-order valence-electron chi connectivity index (χ2n) is 4.66. The van der Waals surface area contributed by atoms with Gasteiger partial charge in [0.05, 0.1) is 5.56 Å². The highest BCUT2D eigenvalue weighted by Gasteiger charge is 2.18. The molecule has 20 heavy (non-hydrogen) atoms. The molecule has 0 bridgehead atoms. The quantitative estimate of drug-likeness (QED) is 0.843. The van der Waals surface area contributed by atoms with Crippen molar-refractivity contribution in [1.82, 2.24) is 0 Å². The van der Waals surface area contributed by atoms with E-state index in [0.29, 0.717) is 23.5 Å². The summed E-state index contributed by atoms with van der Waals surface area (Å²) >= 11 is 0. The number of hydrogen-bond donors (Lipinski definition) is 2. The summed E-state index contributed by atoms with van der Waals surface area (Å²) < 4.78 is 0. The van der Waals surface area contributed by atoms with E-state index in [9.17, 15) is 9.90 Å². The lowest BCUT2D eigenvalue weighted by Gasteiger charge is -2.22. The van der Waals surface area contributed by atoms with E-state index in [2.05, 4.69) is 0 Å². The summed E-state index contributed by atoms with van der Waals surface area (Å²) in [5.41, 5.74) is 8.47. The second-order valence-corrected chi connectivity index (χ2v) is 4.66. The number of anilines is 2. The molecule has 2 aromatic carbocycles. The van der Waals surface area contributed by atoms with Gasteiger partial charge in [0, 0.05) is 24.0 Å². The maximum absolute atomic E-state index is 12.6. The van der Waals surface area contributed by atoms with Crippen molar-refractivity contribution in [1.29, 1.82) is 0 Å². The van der Waals surface area contributed by atoms with Crippen LogP contribution in [0.25, 0.3) is 0 Å². The molecule has 0 radical (unpaired) electrons. The van der Waals surface area contributed by atoms with Crippen molar-refractivity contribution in [3.63, 3.8) is 0 Å². The first-order valence-corrected chi connectivity index (χ1v) is 6.50. The van der Waals surface area contributed by atoms with Crippen LogP contribution in [0.5, 0.6) is 5.75 Å². The first-order valence-electron chi connectivity index (χ1n) is 6.50. The predicted octanol–water partition coefficient (Wildman–Crippen LogP) is 2.95. The number of benzene rings is 2. The zero-order valence-corrected chi connectivity index (χ0v) is 11.6. The van der Waals surface area contributed by atoms with Crippen LogP contribution < -0.4 is 10.6 Å². The molecule has 3 N–H and O–H groups in total. The highest BCUT2D eigenvalue weighted by atomic mass is 16.3. The van der Waals surface area contributed by atoms with E-state index in [4.69, 9.17) is 5.73 Å². The van der Waals surface area contributed by atoms with Gasteiger partial charge in [-0.3, -0.25) is 4.79 Å². The molecular weight excluding hydrogens is 252 g/mol. The lowest BCUT2D eigenvalue weighted by molar-refractivity contribution is 0.0989. The maximum Gasteiger partial charge on any atom is 0.260 e. The highest BCUT2D eigenvalue weighted by Crippen LogP contribution is 2.24. The van der Waals surface area contributed by atoms with Crippen LogP contribution in [-0.2, 0) is 0 Å². The second kappa shape index (κ2) is 5.65. The van der Waals surface area contributed by atoms with Gasteiger partial charge in [-0.05, 0) is 38.1 Å². The number of hydrogen-bond acceptors (Lipinski definition) is 3. The number of amides is 1. The first-order chi connectivity index (χ1) is 9.52. The van der Waals surface area contributed by atoms with Gasteiger partial charge in [0.1, 0.15) is 5.75 Å². The molecule has 0 aliphatic rings. The number of phenolic OH excluding ortho intramolecular Hbond substituents is 1. The number of phenols is 1.